The number of ketones is 2. The Bertz CT molecular complexity index is 2050. The van der Waals surface area contributed by atoms with Gasteiger partial charge in [-0.25, -0.2) is 13.2 Å². The summed E-state index contributed by atoms with van der Waals surface area (Å²) in [6.45, 7) is 4.67. The number of nitrogens with two attached hydrogens (primary N) is 1. The number of nitrogens with zero attached hydrogens (tertiary/aromatic N) is 3. The van der Waals surface area contributed by atoms with E-state index in [9.17, 15) is 32.6 Å². The molecular formula is C29H23ClN6Na2O11S2. The fourth-order valence-electron chi connectivity index (χ4n) is 4.95. The van der Waals surface area contributed by atoms with Crippen molar-refractivity contribution in [3.05, 3.63) is 93.4 Å². The first-order valence-electron chi connectivity index (χ1n) is 13.8. The van der Waals surface area contributed by atoms with Crippen LogP contribution in [-0.2, 0) is 29.0 Å². The molecule has 0 saturated heterocycles. The predicted octanol–water partition coefficient (Wildman–Crippen LogP) is -3.66. The summed E-state index contributed by atoms with van der Waals surface area (Å²) in [5, 5.41) is 19.3. The first-order valence-corrected chi connectivity index (χ1v) is 16.3. The minimum Gasteiger partial charge on any atom is -0.744 e. The molecule has 256 valence electrons. The van der Waals surface area contributed by atoms with Crippen LogP contribution in [0.4, 0.5) is 17.3 Å². The monoisotopic (exact) mass is 776 g/mol. The van der Waals surface area contributed by atoms with Crippen LogP contribution in [0.3, 0.4) is 0 Å². The molecule has 0 bridgehead atoms. The quantitative estimate of drug-likeness (QED) is 0.0221. The Hall–Kier alpha value is -2.89. The number of fused-ring (bicyclic) bond motifs is 2. The zero-order valence-corrected chi connectivity index (χ0v) is 33.4. The van der Waals surface area contributed by atoms with Crippen molar-refractivity contribution in [1.29, 1.82) is 0 Å². The zero-order valence-electron chi connectivity index (χ0n) is 27.0. The third kappa shape index (κ3) is 9.96. The Morgan fingerprint density at radius 1 is 1.04 bits per heavy atom. The summed E-state index contributed by atoms with van der Waals surface area (Å²) in [7, 11) is -5.12. The summed E-state index contributed by atoms with van der Waals surface area (Å²) in [6.07, 6.45) is 1.27. The minimum absolute atomic E-state index is 0. The van der Waals surface area contributed by atoms with E-state index < -0.39 is 44.4 Å². The minimum atomic E-state index is -5.12. The van der Waals surface area contributed by atoms with Crippen molar-refractivity contribution >= 4 is 68.6 Å². The summed E-state index contributed by atoms with van der Waals surface area (Å²) in [6, 6.07) is 9.25. The number of rotatable bonds is 13. The fraction of sp³-hybridized carbons (Fsp3) is 0.172. The molecule has 2 aromatic carbocycles. The first-order chi connectivity index (χ1) is 23.3. The van der Waals surface area contributed by atoms with Gasteiger partial charge in [0, 0.05) is 33.8 Å². The topological polar surface area (TPSA) is 257 Å². The molecular weight excluding hydrogens is 754 g/mol. The molecule has 0 aliphatic heterocycles. The number of carbonyl (C=O) groups excluding carboxylic acids is 3. The number of hydrogen-bond acceptors (Lipinski definition) is 18. The molecule has 3 aromatic rings. The van der Waals surface area contributed by atoms with Crippen LogP contribution in [0.15, 0.2) is 81.9 Å². The van der Waals surface area contributed by atoms with E-state index in [0.29, 0.717) is 12.0 Å². The molecule has 1 aromatic heterocycles. The van der Waals surface area contributed by atoms with Crippen LogP contribution < -0.4 is 85.5 Å². The SMILES string of the molecule is C=C(C)C(=O)OCCOc1nc(Cl)nc(Nc2ccc(S(=O)(=O)[O-])c(NC3=CC(SOO[O-])=C(N)C4C(=O)c5ccccc5C(=O)C34)c2)n1.[Na+].[Na+]. The van der Waals surface area contributed by atoms with E-state index >= 15 is 0 Å². The average Bonchev–Trinajstić information content (AvgIpc) is 3.04. The fourth-order valence-corrected chi connectivity index (χ4v) is 6.21. The second kappa shape index (κ2) is 18.2. The summed E-state index contributed by atoms with van der Waals surface area (Å²) in [5.41, 5.74) is 6.38. The summed E-state index contributed by atoms with van der Waals surface area (Å²) >= 11 is 6.38. The van der Waals surface area contributed by atoms with E-state index in [4.69, 9.17) is 26.8 Å². The van der Waals surface area contributed by atoms with E-state index in [0.717, 1.165) is 6.07 Å². The number of benzene rings is 2. The van der Waals surface area contributed by atoms with E-state index in [-0.39, 0.29) is 134 Å². The molecule has 0 radical (unpaired) electrons. The van der Waals surface area contributed by atoms with Crippen LogP contribution in [0.25, 0.3) is 0 Å². The molecule has 22 heteroatoms. The largest absolute Gasteiger partial charge is 1.00 e. The molecule has 2 aliphatic carbocycles. The van der Waals surface area contributed by atoms with E-state index in [2.05, 4.69) is 41.5 Å². The van der Waals surface area contributed by atoms with E-state index in [1.165, 1.54) is 37.3 Å². The van der Waals surface area contributed by atoms with Crippen LogP contribution in [0.2, 0.25) is 5.28 Å². The van der Waals surface area contributed by atoms with Gasteiger partial charge in [0.2, 0.25) is 11.2 Å². The van der Waals surface area contributed by atoms with Gasteiger partial charge in [-0.2, -0.15) is 19.3 Å². The maximum atomic E-state index is 13.8. The molecule has 2 unspecified atom stereocenters. The van der Waals surface area contributed by atoms with Gasteiger partial charge in [0.1, 0.15) is 23.3 Å². The maximum Gasteiger partial charge on any atom is 1.00 e. The Morgan fingerprint density at radius 2 is 1.71 bits per heavy atom. The van der Waals surface area contributed by atoms with E-state index in [1.54, 1.807) is 12.1 Å². The third-order valence-corrected chi connectivity index (χ3v) is 8.74. The number of allylic oxidation sites excluding steroid dienone is 3. The molecule has 0 spiro atoms. The van der Waals surface area contributed by atoms with Crippen LogP contribution in [0, 0.1) is 11.8 Å². The molecule has 0 amide bonds. The molecule has 2 atom stereocenters. The number of anilines is 3. The number of aromatic nitrogens is 3. The molecule has 51 heavy (non-hydrogen) atoms. The predicted molar refractivity (Wildman–Crippen MR) is 169 cm³/mol. The van der Waals surface area contributed by atoms with Gasteiger partial charge in [0.05, 0.1) is 39.4 Å². The van der Waals surface area contributed by atoms with Crippen molar-refractivity contribution < 1.29 is 111 Å². The molecule has 0 fully saturated rings. The smallest absolute Gasteiger partial charge is 0.744 e. The molecule has 4 N–H and O–H groups in total. The van der Waals surface area contributed by atoms with Gasteiger partial charge in [-0.15, -0.1) is 0 Å². The van der Waals surface area contributed by atoms with Gasteiger partial charge in [0.15, 0.2) is 11.6 Å². The summed E-state index contributed by atoms with van der Waals surface area (Å²) in [5.74, 6) is -4.38. The van der Waals surface area contributed by atoms with Crippen molar-refractivity contribution in [1.82, 2.24) is 15.0 Å². The normalized spacial score (nSPS) is 16.4. The zero-order chi connectivity index (χ0) is 35.5. The Morgan fingerprint density at radius 3 is 2.33 bits per heavy atom. The van der Waals surface area contributed by atoms with Gasteiger partial charge in [0.25, 0.3) is 0 Å². The average molecular weight is 777 g/mol. The number of hydrogen-bond donors (Lipinski definition) is 3. The van der Waals surface area contributed by atoms with Crippen molar-refractivity contribution in [2.24, 2.45) is 17.6 Å². The second-order valence-electron chi connectivity index (χ2n) is 10.3. The van der Waals surface area contributed by atoms with Crippen LogP contribution in [0.1, 0.15) is 27.6 Å². The van der Waals surface area contributed by atoms with Crippen molar-refractivity contribution in [2.45, 2.75) is 11.8 Å². The van der Waals surface area contributed by atoms with Gasteiger partial charge < -0.3 is 35.7 Å². The van der Waals surface area contributed by atoms with Crippen LogP contribution >= 0.6 is 23.6 Å². The van der Waals surface area contributed by atoms with E-state index in [1.807, 2.05) is 0 Å². The van der Waals surface area contributed by atoms with Gasteiger partial charge >= 0.3 is 71.1 Å². The third-order valence-electron chi connectivity index (χ3n) is 7.02. The molecule has 17 nitrogen and oxygen atoms in total. The first kappa shape index (κ1) is 42.5. The molecule has 1 heterocycles. The molecule has 5 rings (SSSR count). The van der Waals surface area contributed by atoms with Crippen LogP contribution in [0.5, 0.6) is 6.01 Å². The summed E-state index contributed by atoms with van der Waals surface area (Å²) in [4.78, 5) is 50.1. The number of ether oxygens (including phenoxy) is 2. The number of halogens is 1. The maximum absolute atomic E-state index is 13.8. The van der Waals surface area contributed by atoms with Crippen molar-refractivity contribution in [2.75, 3.05) is 23.8 Å². The van der Waals surface area contributed by atoms with Crippen molar-refractivity contribution in [3.8, 4) is 6.01 Å². The standard InChI is InChI=1S/C29H25ClN6O11S2.2Na/c1-13(2)26(39)44-9-10-45-29-35-27(30)34-28(36-29)32-14-7-8-20(49(41,42)43)17(11-14)33-18-12-19(48-47-46-40)23(31)22-21(18)24(37)15-5-3-4-6-16(15)25(22)38;;/h3-8,11-12,21-22,33,40H,1,9-10,31H2,2H3,(H,41,42,43)(H,32,34,35,36);;/q;2*+1/p-2. The van der Waals surface area contributed by atoms with Gasteiger partial charge in [-0.3, -0.25) is 14.6 Å². The number of Topliss-reactive ketones (excluding diaryl/α,β-unsaturated/α-hetero) is 2. The Kier molecular flexibility index (Phi) is 15.2. The summed E-state index contributed by atoms with van der Waals surface area (Å²) < 4.78 is 51.7. The van der Waals surface area contributed by atoms with Gasteiger partial charge in [-0.1, -0.05) is 30.8 Å². The Labute approximate surface area is 343 Å². The Balaban J connectivity index is 0.00000351. The molecule has 2 aliphatic rings. The van der Waals surface area contributed by atoms with Gasteiger partial charge in [-0.05, 0) is 42.8 Å². The van der Waals surface area contributed by atoms with Crippen molar-refractivity contribution in [3.63, 3.8) is 0 Å². The van der Waals surface area contributed by atoms with Crippen LogP contribution in [-0.4, -0.2) is 58.7 Å². The number of carbonyl (C=O) groups is 3. The number of esters is 1. The second-order valence-corrected chi connectivity index (χ2v) is 12.7. The molecule has 0 saturated carbocycles. The number of nitrogens with one attached hydrogen (secondary N) is 2.